The van der Waals surface area contributed by atoms with E-state index in [1.807, 2.05) is 12.4 Å². The van der Waals surface area contributed by atoms with Gasteiger partial charge in [-0.1, -0.05) is 13.8 Å². The van der Waals surface area contributed by atoms with Gasteiger partial charge in [0.25, 0.3) is 0 Å². The maximum atomic E-state index is 4.37. The molecule has 2 aromatic rings. The minimum Gasteiger partial charge on any atom is -0.371 e. The summed E-state index contributed by atoms with van der Waals surface area (Å²) in [7, 11) is 0. The Kier molecular flexibility index (Phi) is 3.45. The zero-order valence-electron chi connectivity index (χ0n) is 11.8. The highest BCUT2D eigenvalue weighted by molar-refractivity contribution is 5.89. The number of fused-ring (bicyclic) bond motifs is 1. The van der Waals surface area contributed by atoms with E-state index in [2.05, 4.69) is 40.8 Å². The lowest BCUT2D eigenvalue weighted by atomic mass is 9.88. The second-order valence-corrected chi connectivity index (χ2v) is 5.91. The fraction of sp³-hybridized carbons (Fsp3) is 0.500. The van der Waals surface area contributed by atoms with Gasteiger partial charge < -0.3 is 9.88 Å². The van der Waals surface area contributed by atoms with Crippen LogP contribution in [0.3, 0.4) is 0 Å². The van der Waals surface area contributed by atoms with Crippen molar-refractivity contribution >= 4 is 16.7 Å². The summed E-state index contributed by atoms with van der Waals surface area (Å²) < 4.78 is 0. The summed E-state index contributed by atoms with van der Waals surface area (Å²) in [5.74, 6) is 2.44. The molecule has 0 amide bonds. The van der Waals surface area contributed by atoms with E-state index in [-0.39, 0.29) is 0 Å². The lowest BCUT2D eigenvalue weighted by Gasteiger charge is -2.34. The number of aromatic nitrogens is 2. The Morgan fingerprint density at radius 2 is 2.11 bits per heavy atom. The molecule has 0 spiro atoms. The van der Waals surface area contributed by atoms with Crippen molar-refractivity contribution in [2.75, 3.05) is 18.0 Å². The number of pyridine rings is 1. The van der Waals surface area contributed by atoms with E-state index in [1.54, 1.807) is 5.92 Å². The zero-order chi connectivity index (χ0) is 13.2. The Labute approximate surface area is 115 Å². The van der Waals surface area contributed by atoms with Gasteiger partial charge in [0, 0.05) is 36.6 Å². The summed E-state index contributed by atoms with van der Waals surface area (Å²) in [6.45, 7) is 6.83. The molecule has 1 fully saturated rings. The number of rotatable bonds is 3. The Bertz CT molecular complexity index is 536. The van der Waals surface area contributed by atoms with Gasteiger partial charge in [0.1, 0.15) is 5.65 Å². The molecule has 1 aliphatic rings. The molecule has 2 aromatic heterocycles. The molecule has 0 aliphatic carbocycles. The molecule has 0 atom stereocenters. The van der Waals surface area contributed by atoms with Gasteiger partial charge >= 0.3 is 0 Å². The van der Waals surface area contributed by atoms with Gasteiger partial charge in [-0.2, -0.15) is 0 Å². The van der Waals surface area contributed by atoms with E-state index in [4.69, 9.17) is 0 Å². The quantitative estimate of drug-likeness (QED) is 0.906. The second-order valence-electron chi connectivity index (χ2n) is 5.91. The Balaban J connectivity index is 1.73. The lowest BCUT2D eigenvalue weighted by Crippen LogP contribution is -2.34. The summed E-state index contributed by atoms with van der Waals surface area (Å²) in [5, 5.41) is 1.25. The fourth-order valence-corrected chi connectivity index (χ4v) is 3.18. The van der Waals surface area contributed by atoms with Gasteiger partial charge in [-0.3, -0.25) is 0 Å². The number of hydrogen-bond acceptors (Lipinski definition) is 2. The third kappa shape index (κ3) is 2.60. The standard InChI is InChI=1S/C16H22N3/c1-12(2)11-13-5-9-19(10-6-13)15-4-8-18-16-14(15)3-7-17-16/h3-4,7-8,13H,5-6,9-11H2,1-2H3,(H,17,18). The van der Waals surface area contributed by atoms with Crippen molar-refractivity contribution < 1.29 is 0 Å². The molecule has 1 aliphatic heterocycles. The van der Waals surface area contributed by atoms with E-state index < -0.39 is 0 Å². The first kappa shape index (κ1) is 12.5. The maximum Gasteiger partial charge on any atom is 0.139 e. The van der Waals surface area contributed by atoms with Crippen LogP contribution in [0.25, 0.3) is 11.0 Å². The van der Waals surface area contributed by atoms with Gasteiger partial charge in [0.15, 0.2) is 0 Å². The van der Waals surface area contributed by atoms with Gasteiger partial charge in [-0.05, 0) is 43.2 Å². The minimum absolute atomic E-state index is 0.879. The third-order valence-electron chi connectivity index (χ3n) is 4.09. The SMILES string of the molecule is C[C](C)CC1CCN(c2ccnc3[nH]ccc23)CC1. The number of piperidine rings is 1. The normalized spacial score (nSPS) is 17.5. The molecule has 1 saturated heterocycles. The average Bonchev–Trinajstić information content (AvgIpc) is 2.87. The molecule has 3 rings (SSSR count). The summed E-state index contributed by atoms with van der Waals surface area (Å²) in [6, 6.07) is 4.28. The Hall–Kier alpha value is -1.51. The Morgan fingerprint density at radius 3 is 2.84 bits per heavy atom. The summed E-state index contributed by atoms with van der Waals surface area (Å²) in [4.78, 5) is 10.1. The highest BCUT2D eigenvalue weighted by Gasteiger charge is 2.21. The Morgan fingerprint density at radius 1 is 1.32 bits per heavy atom. The first-order valence-corrected chi connectivity index (χ1v) is 7.20. The fourth-order valence-electron chi connectivity index (χ4n) is 3.18. The molecule has 101 valence electrons. The molecule has 0 unspecified atom stereocenters. The van der Waals surface area contributed by atoms with Crippen LogP contribution in [0, 0.1) is 11.8 Å². The number of aromatic amines is 1. The molecular weight excluding hydrogens is 234 g/mol. The molecule has 0 saturated carbocycles. The summed E-state index contributed by atoms with van der Waals surface area (Å²) in [6.07, 6.45) is 7.79. The predicted octanol–water partition coefficient (Wildman–Crippen LogP) is 3.78. The topological polar surface area (TPSA) is 31.9 Å². The van der Waals surface area contributed by atoms with Crippen LogP contribution in [-0.2, 0) is 0 Å². The molecule has 19 heavy (non-hydrogen) atoms. The molecule has 0 bridgehead atoms. The van der Waals surface area contributed by atoms with Crippen molar-refractivity contribution in [3.05, 3.63) is 30.4 Å². The van der Waals surface area contributed by atoms with Crippen molar-refractivity contribution in [3.63, 3.8) is 0 Å². The summed E-state index contributed by atoms with van der Waals surface area (Å²) >= 11 is 0. The van der Waals surface area contributed by atoms with Gasteiger partial charge in [-0.25, -0.2) is 4.98 Å². The monoisotopic (exact) mass is 256 g/mol. The van der Waals surface area contributed by atoms with Crippen molar-refractivity contribution in [1.82, 2.24) is 9.97 Å². The van der Waals surface area contributed by atoms with Crippen molar-refractivity contribution in [3.8, 4) is 0 Å². The number of anilines is 1. The molecular formula is C16H22N3. The lowest BCUT2D eigenvalue weighted by molar-refractivity contribution is 0.389. The molecule has 1 radical (unpaired) electrons. The first-order valence-electron chi connectivity index (χ1n) is 7.20. The van der Waals surface area contributed by atoms with Crippen LogP contribution in [0.15, 0.2) is 24.5 Å². The smallest absolute Gasteiger partial charge is 0.139 e. The molecule has 3 heterocycles. The van der Waals surface area contributed by atoms with E-state index in [9.17, 15) is 0 Å². The van der Waals surface area contributed by atoms with Gasteiger partial charge in [-0.15, -0.1) is 0 Å². The second kappa shape index (κ2) is 5.24. The van der Waals surface area contributed by atoms with Crippen molar-refractivity contribution in [2.45, 2.75) is 33.1 Å². The highest BCUT2D eigenvalue weighted by Crippen LogP contribution is 2.31. The number of nitrogens with zero attached hydrogens (tertiary/aromatic N) is 2. The van der Waals surface area contributed by atoms with Crippen LogP contribution in [0.5, 0.6) is 0 Å². The minimum atomic E-state index is 0.879. The summed E-state index contributed by atoms with van der Waals surface area (Å²) in [5.41, 5.74) is 2.33. The van der Waals surface area contributed by atoms with Crippen LogP contribution >= 0.6 is 0 Å². The van der Waals surface area contributed by atoms with Crippen LogP contribution in [0.4, 0.5) is 5.69 Å². The first-order chi connectivity index (χ1) is 9.24. The zero-order valence-corrected chi connectivity index (χ0v) is 11.8. The number of nitrogens with one attached hydrogen (secondary N) is 1. The third-order valence-corrected chi connectivity index (χ3v) is 4.09. The largest absolute Gasteiger partial charge is 0.371 e. The highest BCUT2D eigenvalue weighted by atomic mass is 15.1. The van der Waals surface area contributed by atoms with Crippen LogP contribution in [0.2, 0.25) is 0 Å². The van der Waals surface area contributed by atoms with E-state index in [0.717, 1.165) is 11.6 Å². The van der Waals surface area contributed by atoms with Crippen LogP contribution in [-0.4, -0.2) is 23.1 Å². The van der Waals surface area contributed by atoms with Gasteiger partial charge in [0.2, 0.25) is 0 Å². The van der Waals surface area contributed by atoms with Crippen LogP contribution in [0.1, 0.15) is 33.1 Å². The van der Waals surface area contributed by atoms with Crippen molar-refractivity contribution in [2.24, 2.45) is 5.92 Å². The predicted molar refractivity (Wildman–Crippen MR) is 80.2 cm³/mol. The van der Waals surface area contributed by atoms with Crippen LogP contribution < -0.4 is 4.90 Å². The van der Waals surface area contributed by atoms with E-state index in [0.29, 0.717) is 0 Å². The molecule has 3 heteroatoms. The van der Waals surface area contributed by atoms with Gasteiger partial charge in [0.05, 0.1) is 0 Å². The molecule has 3 nitrogen and oxygen atoms in total. The number of H-pyrrole nitrogens is 1. The molecule has 0 aromatic carbocycles. The maximum absolute atomic E-state index is 4.37. The average molecular weight is 256 g/mol. The van der Waals surface area contributed by atoms with Crippen molar-refractivity contribution in [1.29, 1.82) is 0 Å². The van der Waals surface area contributed by atoms with E-state index in [1.165, 1.54) is 43.4 Å². The van der Waals surface area contributed by atoms with E-state index >= 15 is 0 Å². The number of hydrogen-bond donors (Lipinski definition) is 1. The molecule has 1 N–H and O–H groups in total.